The number of nitrogens with zero attached hydrogens (tertiary/aromatic N) is 1. The molecule has 0 amide bonds. The Balaban J connectivity index is 2.05. The molecule has 21 heavy (non-hydrogen) atoms. The molecule has 0 aromatic heterocycles. The van der Waals surface area contributed by atoms with E-state index in [1.807, 2.05) is 72.8 Å². The van der Waals surface area contributed by atoms with Crippen molar-refractivity contribution in [1.29, 1.82) is 5.26 Å². The molecule has 2 rings (SSSR count). The summed E-state index contributed by atoms with van der Waals surface area (Å²) < 4.78 is 0. The Morgan fingerprint density at radius 2 is 1.62 bits per heavy atom. The fraction of sp³-hybridized carbons (Fsp3) is 0.0526. The number of benzene rings is 2. The normalized spacial score (nSPS) is 11.3. The predicted molar refractivity (Wildman–Crippen MR) is 84.3 cm³/mol. The van der Waals surface area contributed by atoms with Gasteiger partial charge in [0.1, 0.15) is 6.07 Å². The maximum atomic E-state index is 12.1. The summed E-state index contributed by atoms with van der Waals surface area (Å²) in [6.07, 6.45) is 5.42. The zero-order chi connectivity index (χ0) is 14.9. The van der Waals surface area contributed by atoms with Crippen LogP contribution in [0.3, 0.4) is 0 Å². The molecule has 0 aliphatic rings. The lowest BCUT2D eigenvalue weighted by atomic mass is 10.0. The standard InChI is InChI=1S/C19H15NO/c20-15-18(13-7-12-16-8-3-1-4-9-16)19(21)14-17-10-5-2-6-11-17/h1-13H,14H2/b12-7+,18-13-. The molecular weight excluding hydrogens is 258 g/mol. The molecule has 0 radical (unpaired) electrons. The summed E-state index contributed by atoms with van der Waals surface area (Å²) in [6.45, 7) is 0. The van der Waals surface area contributed by atoms with Crippen LogP contribution in [-0.2, 0) is 11.2 Å². The van der Waals surface area contributed by atoms with Gasteiger partial charge < -0.3 is 0 Å². The van der Waals surface area contributed by atoms with Crippen molar-refractivity contribution < 1.29 is 4.79 Å². The van der Waals surface area contributed by atoms with Gasteiger partial charge in [-0.25, -0.2) is 0 Å². The van der Waals surface area contributed by atoms with E-state index in [0.717, 1.165) is 11.1 Å². The van der Waals surface area contributed by atoms with Crippen LogP contribution in [0.25, 0.3) is 6.08 Å². The predicted octanol–water partition coefficient (Wildman–Crippen LogP) is 3.96. The highest BCUT2D eigenvalue weighted by Crippen LogP contribution is 2.07. The van der Waals surface area contributed by atoms with Crippen LogP contribution in [0.4, 0.5) is 0 Å². The van der Waals surface area contributed by atoms with Crippen LogP contribution < -0.4 is 0 Å². The van der Waals surface area contributed by atoms with Crippen molar-refractivity contribution in [3.8, 4) is 6.07 Å². The van der Waals surface area contributed by atoms with Crippen molar-refractivity contribution >= 4 is 11.9 Å². The van der Waals surface area contributed by atoms with Crippen LogP contribution in [0.5, 0.6) is 0 Å². The van der Waals surface area contributed by atoms with Gasteiger partial charge in [-0.05, 0) is 17.2 Å². The van der Waals surface area contributed by atoms with Gasteiger partial charge in [0.2, 0.25) is 0 Å². The second kappa shape index (κ2) is 7.62. The molecular formula is C19H15NO. The molecule has 2 aromatic rings. The highest BCUT2D eigenvalue weighted by Gasteiger charge is 2.08. The summed E-state index contributed by atoms with van der Waals surface area (Å²) >= 11 is 0. The van der Waals surface area contributed by atoms with Crippen LogP contribution in [0, 0.1) is 11.3 Å². The first-order valence-corrected chi connectivity index (χ1v) is 6.70. The van der Waals surface area contributed by atoms with E-state index in [0.29, 0.717) is 0 Å². The minimum Gasteiger partial charge on any atom is -0.293 e. The Bertz CT molecular complexity index is 691. The zero-order valence-corrected chi connectivity index (χ0v) is 11.6. The molecule has 2 nitrogen and oxygen atoms in total. The lowest BCUT2D eigenvalue weighted by molar-refractivity contribution is -0.114. The lowest BCUT2D eigenvalue weighted by Gasteiger charge is -1.98. The summed E-state index contributed by atoms with van der Waals surface area (Å²) in [7, 11) is 0. The molecule has 0 aliphatic carbocycles. The Hall–Kier alpha value is -2.92. The third kappa shape index (κ3) is 4.59. The molecule has 0 unspecified atom stereocenters. The molecule has 102 valence electrons. The number of nitriles is 1. The summed E-state index contributed by atoms with van der Waals surface area (Å²) in [4.78, 5) is 12.1. The molecule has 2 heteroatoms. The van der Waals surface area contributed by atoms with Gasteiger partial charge >= 0.3 is 0 Å². The second-order valence-corrected chi connectivity index (χ2v) is 4.55. The highest BCUT2D eigenvalue weighted by atomic mass is 16.1. The molecule has 0 spiro atoms. The molecule has 2 aromatic carbocycles. The minimum absolute atomic E-state index is 0.165. The molecule has 0 saturated heterocycles. The quantitative estimate of drug-likeness (QED) is 0.470. The summed E-state index contributed by atoms with van der Waals surface area (Å²) in [5, 5.41) is 9.10. The fourth-order valence-corrected chi connectivity index (χ4v) is 1.89. The number of hydrogen-bond donors (Lipinski definition) is 0. The van der Waals surface area contributed by atoms with Crippen LogP contribution in [0.1, 0.15) is 11.1 Å². The molecule has 0 bridgehead atoms. The number of hydrogen-bond acceptors (Lipinski definition) is 2. The Morgan fingerprint density at radius 3 is 2.24 bits per heavy atom. The Kier molecular flexibility index (Phi) is 5.25. The second-order valence-electron chi connectivity index (χ2n) is 4.55. The Morgan fingerprint density at radius 1 is 1.00 bits per heavy atom. The smallest absolute Gasteiger partial charge is 0.177 e. The van der Waals surface area contributed by atoms with E-state index in [-0.39, 0.29) is 17.8 Å². The van der Waals surface area contributed by atoms with Crippen molar-refractivity contribution in [3.63, 3.8) is 0 Å². The first-order chi connectivity index (χ1) is 10.3. The van der Waals surface area contributed by atoms with E-state index in [2.05, 4.69) is 0 Å². The van der Waals surface area contributed by atoms with Gasteiger partial charge in [-0.2, -0.15) is 5.26 Å². The average molecular weight is 273 g/mol. The van der Waals surface area contributed by atoms with Crippen molar-refractivity contribution in [1.82, 2.24) is 0 Å². The zero-order valence-electron chi connectivity index (χ0n) is 11.6. The van der Waals surface area contributed by atoms with Gasteiger partial charge in [-0.15, -0.1) is 0 Å². The van der Waals surface area contributed by atoms with Gasteiger partial charge in [0.25, 0.3) is 0 Å². The van der Waals surface area contributed by atoms with Crippen molar-refractivity contribution in [2.24, 2.45) is 0 Å². The monoisotopic (exact) mass is 273 g/mol. The van der Waals surface area contributed by atoms with Crippen molar-refractivity contribution in [2.75, 3.05) is 0 Å². The average Bonchev–Trinajstić information content (AvgIpc) is 2.53. The van der Waals surface area contributed by atoms with E-state index in [4.69, 9.17) is 5.26 Å². The fourth-order valence-electron chi connectivity index (χ4n) is 1.89. The first kappa shape index (κ1) is 14.5. The van der Waals surface area contributed by atoms with Gasteiger partial charge in [-0.3, -0.25) is 4.79 Å². The largest absolute Gasteiger partial charge is 0.293 e. The van der Waals surface area contributed by atoms with Gasteiger partial charge in [-0.1, -0.05) is 72.8 Å². The molecule has 0 atom stereocenters. The van der Waals surface area contributed by atoms with Crippen LogP contribution >= 0.6 is 0 Å². The lowest BCUT2D eigenvalue weighted by Crippen LogP contribution is -2.04. The van der Waals surface area contributed by atoms with E-state index < -0.39 is 0 Å². The van der Waals surface area contributed by atoms with Gasteiger partial charge in [0, 0.05) is 6.42 Å². The van der Waals surface area contributed by atoms with Crippen LogP contribution in [-0.4, -0.2) is 5.78 Å². The summed E-state index contributed by atoms with van der Waals surface area (Å²) in [6, 6.07) is 21.1. The Labute approximate surface area is 124 Å². The van der Waals surface area contributed by atoms with Gasteiger partial charge in [0.05, 0.1) is 5.57 Å². The topological polar surface area (TPSA) is 40.9 Å². The van der Waals surface area contributed by atoms with Crippen LogP contribution in [0.2, 0.25) is 0 Å². The van der Waals surface area contributed by atoms with Gasteiger partial charge in [0.15, 0.2) is 5.78 Å². The van der Waals surface area contributed by atoms with Crippen molar-refractivity contribution in [3.05, 3.63) is 89.5 Å². The number of allylic oxidation sites excluding steroid dienone is 3. The highest BCUT2D eigenvalue weighted by molar-refractivity contribution is 6.00. The van der Waals surface area contributed by atoms with Crippen molar-refractivity contribution in [2.45, 2.75) is 6.42 Å². The SMILES string of the molecule is N#C/C(=C/C=C/c1ccccc1)C(=O)Cc1ccccc1. The molecule has 0 N–H and O–H groups in total. The maximum Gasteiger partial charge on any atom is 0.177 e. The number of carbonyl (C=O) groups is 1. The molecule has 0 heterocycles. The summed E-state index contributed by atoms with van der Waals surface area (Å²) in [5.41, 5.74) is 2.11. The number of carbonyl (C=O) groups excluding carboxylic acids is 1. The maximum absolute atomic E-state index is 12.1. The van der Waals surface area contributed by atoms with E-state index in [1.54, 1.807) is 12.2 Å². The van der Waals surface area contributed by atoms with Crippen LogP contribution in [0.15, 0.2) is 78.4 Å². The van der Waals surface area contributed by atoms with E-state index in [9.17, 15) is 4.79 Å². The minimum atomic E-state index is -0.165. The first-order valence-electron chi connectivity index (χ1n) is 6.70. The number of Topliss-reactive ketones (excluding diaryl/α,β-unsaturated/α-hetero) is 1. The third-order valence-corrected chi connectivity index (χ3v) is 2.98. The number of rotatable bonds is 5. The molecule has 0 fully saturated rings. The summed E-state index contributed by atoms with van der Waals surface area (Å²) in [5.74, 6) is -0.165. The van der Waals surface area contributed by atoms with E-state index in [1.165, 1.54) is 0 Å². The number of ketones is 1. The molecule has 0 saturated carbocycles. The van der Waals surface area contributed by atoms with E-state index >= 15 is 0 Å². The third-order valence-electron chi connectivity index (χ3n) is 2.98. The molecule has 0 aliphatic heterocycles.